The molecule has 0 aliphatic heterocycles. The Morgan fingerprint density at radius 2 is 1.93 bits per heavy atom. The smallest absolute Gasteiger partial charge is 0.118 e. The Kier molecular flexibility index (Phi) is 3.53. The molecule has 2 nitrogen and oxygen atoms in total. The topological polar surface area (TPSA) is 40.5 Å². The quantitative estimate of drug-likeness (QED) is 0.774. The maximum absolute atomic E-state index is 9.66. The summed E-state index contributed by atoms with van der Waals surface area (Å²) in [6.45, 7) is 5.83. The van der Waals surface area contributed by atoms with Crippen LogP contribution in [0, 0.1) is 12.8 Å². The van der Waals surface area contributed by atoms with Crippen molar-refractivity contribution in [3.8, 4) is 5.75 Å². The van der Waals surface area contributed by atoms with Crippen LogP contribution in [-0.4, -0.2) is 16.3 Å². The van der Waals surface area contributed by atoms with E-state index in [4.69, 9.17) is 0 Å². The molecule has 0 bridgehead atoms. The number of hydrogen-bond donors (Lipinski definition) is 2. The van der Waals surface area contributed by atoms with E-state index in [9.17, 15) is 10.2 Å². The Balaban J connectivity index is 2.73. The monoisotopic (exact) mass is 194 g/mol. The van der Waals surface area contributed by atoms with Crippen LogP contribution in [0.25, 0.3) is 0 Å². The van der Waals surface area contributed by atoms with Crippen molar-refractivity contribution < 1.29 is 10.2 Å². The summed E-state index contributed by atoms with van der Waals surface area (Å²) in [6.07, 6.45) is 0.267. The van der Waals surface area contributed by atoms with E-state index in [1.165, 1.54) is 0 Å². The van der Waals surface area contributed by atoms with Crippen molar-refractivity contribution >= 4 is 0 Å². The second kappa shape index (κ2) is 4.47. The molecule has 0 saturated heterocycles. The van der Waals surface area contributed by atoms with Crippen molar-refractivity contribution in [1.29, 1.82) is 0 Å². The van der Waals surface area contributed by atoms with Crippen molar-refractivity contribution in [1.82, 2.24) is 0 Å². The van der Waals surface area contributed by atoms with Gasteiger partial charge in [-0.25, -0.2) is 0 Å². The molecule has 1 rings (SSSR count). The van der Waals surface area contributed by atoms with Gasteiger partial charge in [-0.2, -0.15) is 0 Å². The van der Waals surface area contributed by atoms with Crippen molar-refractivity contribution in [2.75, 3.05) is 0 Å². The zero-order chi connectivity index (χ0) is 10.7. The van der Waals surface area contributed by atoms with Gasteiger partial charge in [0.25, 0.3) is 0 Å². The normalized spacial score (nSPS) is 13.2. The fourth-order valence-corrected chi connectivity index (χ4v) is 1.26. The summed E-state index contributed by atoms with van der Waals surface area (Å²) in [5.41, 5.74) is 1.85. The molecular weight excluding hydrogens is 176 g/mol. The zero-order valence-corrected chi connectivity index (χ0v) is 8.99. The van der Waals surface area contributed by atoms with Crippen LogP contribution in [0.2, 0.25) is 0 Å². The molecule has 0 spiro atoms. The Hall–Kier alpha value is -1.02. The number of phenolic OH excluding ortho intramolecular Hbond substituents is 1. The van der Waals surface area contributed by atoms with Crippen LogP contribution in [0.4, 0.5) is 0 Å². The second-order valence-electron chi connectivity index (χ2n) is 4.14. The number of benzene rings is 1. The summed E-state index contributed by atoms with van der Waals surface area (Å²) in [4.78, 5) is 0. The number of aliphatic hydroxyl groups is 1. The van der Waals surface area contributed by atoms with Crippen LogP contribution in [0.5, 0.6) is 5.75 Å². The van der Waals surface area contributed by atoms with Gasteiger partial charge in [0.2, 0.25) is 0 Å². The van der Waals surface area contributed by atoms with Gasteiger partial charge in [-0.1, -0.05) is 26.0 Å². The van der Waals surface area contributed by atoms with Crippen LogP contribution < -0.4 is 0 Å². The molecule has 1 unspecified atom stereocenters. The highest BCUT2D eigenvalue weighted by Crippen LogP contribution is 2.19. The molecule has 0 amide bonds. The van der Waals surface area contributed by atoms with Gasteiger partial charge >= 0.3 is 0 Å². The van der Waals surface area contributed by atoms with Crippen molar-refractivity contribution in [3.05, 3.63) is 29.3 Å². The summed E-state index contributed by atoms with van der Waals surface area (Å²) < 4.78 is 0. The van der Waals surface area contributed by atoms with Crippen LogP contribution in [0.1, 0.15) is 25.0 Å². The van der Waals surface area contributed by atoms with E-state index in [1.807, 2.05) is 32.9 Å². The highest BCUT2D eigenvalue weighted by molar-refractivity contribution is 5.35. The highest BCUT2D eigenvalue weighted by Gasteiger charge is 2.10. The largest absolute Gasteiger partial charge is 0.508 e. The Morgan fingerprint density at radius 3 is 2.43 bits per heavy atom. The van der Waals surface area contributed by atoms with E-state index in [-0.39, 0.29) is 12.0 Å². The van der Waals surface area contributed by atoms with Crippen molar-refractivity contribution in [2.45, 2.75) is 33.3 Å². The lowest BCUT2D eigenvalue weighted by molar-refractivity contribution is 0.125. The molecule has 14 heavy (non-hydrogen) atoms. The molecular formula is C12H18O2. The van der Waals surface area contributed by atoms with Crippen LogP contribution in [0.3, 0.4) is 0 Å². The molecule has 0 aliphatic rings. The van der Waals surface area contributed by atoms with E-state index in [0.717, 1.165) is 11.1 Å². The van der Waals surface area contributed by atoms with Crippen molar-refractivity contribution in [3.63, 3.8) is 0 Å². The third-order valence-corrected chi connectivity index (χ3v) is 2.49. The molecule has 0 aromatic heterocycles. The predicted octanol–water partition coefficient (Wildman–Crippen LogP) is 2.26. The summed E-state index contributed by atoms with van der Waals surface area (Å²) in [5.74, 6) is 0.553. The van der Waals surface area contributed by atoms with Crippen LogP contribution in [-0.2, 0) is 6.42 Å². The van der Waals surface area contributed by atoms with E-state index in [2.05, 4.69) is 0 Å². The fraction of sp³-hybridized carbons (Fsp3) is 0.500. The van der Waals surface area contributed by atoms with E-state index >= 15 is 0 Å². The second-order valence-corrected chi connectivity index (χ2v) is 4.14. The average molecular weight is 194 g/mol. The molecule has 0 radical (unpaired) electrons. The molecule has 78 valence electrons. The maximum atomic E-state index is 9.66. The molecule has 0 heterocycles. The summed E-state index contributed by atoms with van der Waals surface area (Å²) in [7, 11) is 0. The fourth-order valence-electron chi connectivity index (χ4n) is 1.26. The summed E-state index contributed by atoms with van der Waals surface area (Å²) >= 11 is 0. The molecule has 1 aromatic rings. The lowest BCUT2D eigenvalue weighted by atomic mass is 9.98. The summed E-state index contributed by atoms with van der Waals surface area (Å²) in [5, 5.41) is 19.1. The van der Waals surface area contributed by atoms with Gasteiger partial charge < -0.3 is 10.2 Å². The van der Waals surface area contributed by atoms with Gasteiger partial charge in [-0.05, 0) is 36.5 Å². The lowest BCUT2D eigenvalue weighted by Crippen LogP contribution is -2.17. The molecule has 1 aromatic carbocycles. The third kappa shape index (κ3) is 2.74. The molecule has 0 saturated carbocycles. The van der Waals surface area contributed by atoms with Gasteiger partial charge in [0.1, 0.15) is 5.75 Å². The zero-order valence-electron chi connectivity index (χ0n) is 8.99. The number of aromatic hydroxyl groups is 1. The van der Waals surface area contributed by atoms with Gasteiger partial charge in [-0.3, -0.25) is 0 Å². The number of hydrogen-bond acceptors (Lipinski definition) is 2. The molecule has 0 fully saturated rings. The maximum Gasteiger partial charge on any atom is 0.118 e. The molecule has 2 N–H and O–H groups in total. The molecule has 2 heteroatoms. The first-order valence-electron chi connectivity index (χ1n) is 4.97. The number of aryl methyl sites for hydroxylation is 1. The predicted molar refractivity (Wildman–Crippen MR) is 57.4 cm³/mol. The van der Waals surface area contributed by atoms with Gasteiger partial charge in [0.15, 0.2) is 0 Å². The Morgan fingerprint density at radius 1 is 1.29 bits per heavy atom. The third-order valence-electron chi connectivity index (χ3n) is 2.49. The van der Waals surface area contributed by atoms with E-state index in [1.54, 1.807) is 6.07 Å². The van der Waals surface area contributed by atoms with E-state index < -0.39 is 0 Å². The Bertz CT molecular complexity index is 305. The minimum atomic E-state index is -0.336. The first-order valence-corrected chi connectivity index (χ1v) is 4.97. The van der Waals surface area contributed by atoms with Gasteiger partial charge in [0.05, 0.1) is 6.10 Å². The SMILES string of the molecule is Cc1ccc(CC(O)C(C)C)cc1O. The first kappa shape index (κ1) is 11.1. The Labute approximate surface area is 85.2 Å². The van der Waals surface area contributed by atoms with E-state index in [0.29, 0.717) is 12.2 Å². The number of aliphatic hydroxyl groups excluding tert-OH is 1. The first-order chi connectivity index (χ1) is 6.50. The van der Waals surface area contributed by atoms with Crippen LogP contribution >= 0.6 is 0 Å². The van der Waals surface area contributed by atoms with Gasteiger partial charge in [0, 0.05) is 0 Å². The number of rotatable bonds is 3. The number of phenols is 1. The molecule has 0 aliphatic carbocycles. The minimum absolute atomic E-state index is 0.249. The van der Waals surface area contributed by atoms with Gasteiger partial charge in [-0.15, -0.1) is 0 Å². The lowest BCUT2D eigenvalue weighted by Gasteiger charge is -2.14. The summed E-state index contributed by atoms with van der Waals surface area (Å²) in [6, 6.07) is 5.54. The van der Waals surface area contributed by atoms with Crippen LogP contribution in [0.15, 0.2) is 18.2 Å². The minimum Gasteiger partial charge on any atom is -0.508 e. The van der Waals surface area contributed by atoms with Crippen molar-refractivity contribution in [2.24, 2.45) is 5.92 Å². The highest BCUT2D eigenvalue weighted by atomic mass is 16.3. The average Bonchev–Trinajstić information content (AvgIpc) is 2.11. The molecule has 1 atom stereocenters. The standard InChI is InChI=1S/C12H18O2/c1-8(2)11(13)6-10-5-4-9(3)12(14)7-10/h4-5,7-8,11,13-14H,6H2,1-3H3.